The second-order valence-electron chi connectivity index (χ2n) is 5.18. The molecule has 0 N–H and O–H groups in total. The highest BCUT2D eigenvalue weighted by molar-refractivity contribution is 5.75. The number of unbranched alkanes of at least 4 members (excludes halogenated alkanes) is 1. The van der Waals surface area contributed by atoms with Gasteiger partial charge in [0.2, 0.25) is 0 Å². The molecule has 0 amide bonds. The standard InChI is InChI=1S/C16H24O2/c1-12(2)16-9-8-15(11-13(16)3)18-10-6-5-7-14(4)17/h8-9,11-12H,5-7,10H2,1-4H3. The van der Waals surface area contributed by atoms with Gasteiger partial charge in [0, 0.05) is 6.42 Å². The van der Waals surface area contributed by atoms with Gasteiger partial charge in [-0.2, -0.15) is 0 Å². The number of rotatable bonds is 7. The molecule has 1 aromatic carbocycles. The fourth-order valence-electron chi connectivity index (χ4n) is 2.05. The van der Waals surface area contributed by atoms with E-state index in [1.165, 1.54) is 11.1 Å². The van der Waals surface area contributed by atoms with Crippen LogP contribution in [-0.2, 0) is 4.79 Å². The molecule has 0 saturated heterocycles. The number of Topliss-reactive ketones (excluding diaryl/α,β-unsaturated/α-hetero) is 1. The van der Waals surface area contributed by atoms with Crippen molar-refractivity contribution >= 4 is 5.78 Å². The minimum atomic E-state index is 0.257. The predicted molar refractivity (Wildman–Crippen MR) is 75.3 cm³/mol. The molecule has 0 spiro atoms. The van der Waals surface area contributed by atoms with Gasteiger partial charge < -0.3 is 9.53 Å². The van der Waals surface area contributed by atoms with Crippen LogP contribution in [0.2, 0.25) is 0 Å². The molecule has 0 fully saturated rings. The molecule has 1 aromatic rings. The van der Waals surface area contributed by atoms with Crippen molar-refractivity contribution in [2.75, 3.05) is 6.61 Å². The third kappa shape index (κ3) is 4.91. The lowest BCUT2D eigenvalue weighted by molar-refractivity contribution is -0.117. The Hall–Kier alpha value is -1.31. The molecule has 0 aliphatic rings. The van der Waals surface area contributed by atoms with Gasteiger partial charge >= 0.3 is 0 Å². The van der Waals surface area contributed by atoms with E-state index in [4.69, 9.17) is 4.74 Å². The van der Waals surface area contributed by atoms with Crippen molar-refractivity contribution in [2.24, 2.45) is 0 Å². The van der Waals surface area contributed by atoms with Gasteiger partial charge in [0.05, 0.1) is 6.61 Å². The Kier molecular flexibility index (Phi) is 5.90. The molecule has 0 unspecified atom stereocenters. The Balaban J connectivity index is 2.39. The maximum Gasteiger partial charge on any atom is 0.129 e. The summed E-state index contributed by atoms with van der Waals surface area (Å²) in [5.74, 6) is 1.74. The van der Waals surface area contributed by atoms with Crippen LogP contribution in [-0.4, -0.2) is 12.4 Å². The van der Waals surface area contributed by atoms with Gasteiger partial charge in [-0.3, -0.25) is 0 Å². The Morgan fingerprint density at radius 2 is 2.00 bits per heavy atom. The molecule has 0 aliphatic heterocycles. The molecule has 0 aromatic heterocycles. The molecule has 2 heteroatoms. The molecule has 0 atom stereocenters. The summed E-state index contributed by atoms with van der Waals surface area (Å²) in [6.07, 6.45) is 2.51. The van der Waals surface area contributed by atoms with Crippen molar-refractivity contribution in [1.29, 1.82) is 0 Å². The Labute approximate surface area is 110 Å². The maximum atomic E-state index is 10.8. The van der Waals surface area contributed by atoms with Crippen LogP contribution >= 0.6 is 0 Å². The Bertz CT molecular complexity index is 394. The third-order valence-electron chi connectivity index (χ3n) is 3.06. The lowest BCUT2D eigenvalue weighted by Gasteiger charge is -2.12. The number of carbonyl (C=O) groups is 1. The van der Waals surface area contributed by atoms with Crippen LogP contribution in [0, 0.1) is 6.92 Å². The first-order chi connectivity index (χ1) is 8.50. The second kappa shape index (κ2) is 7.20. The first-order valence-electron chi connectivity index (χ1n) is 6.73. The van der Waals surface area contributed by atoms with Crippen molar-refractivity contribution in [1.82, 2.24) is 0 Å². The van der Waals surface area contributed by atoms with Crippen molar-refractivity contribution in [2.45, 2.75) is 52.9 Å². The lowest BCUT2D eigenvalue weighted by Crippen LogP contribution is -2.00. The van der Waals surface area contributed by atoms with E-state index in [0.29, 0.717) is 18.9 Å². The van der Waals surface area contributed by atoms with Gasteiger partial charge in [0.1, 0.15) is 11.5 Å². The van der Waals surface area contributed by atoms with Crippen molar-refractivity contribution in [3.05, 3.63) is 29.3 Å². The summed E-state index contributed by atoms with van der Waals surface area (Å²) in [5, 5.41) is 0. The summed E-state index contributed by atoms with van der Waals surface area (Å²) >= 11 is 0. The highest BCUT2D eigenvalue weighted by Crippen LogP contribution is 2.23. The lowest BCUT2D eigenvalue weighted by atomic mass is 9.98. The molecule has 0 radical (unpaired) electrons. The van der Waals surface area contributed by atoms with E-state index in [1.807, 2.05) is 6.07 Å². The monoisotopic (exact) mass is 248 g/mol. The van der Waals surface area contributed by atoms with Gasteiger partial charge in [-0.15, -0.1) is 0 Å². The van der Waals surface area contributed by atoms with Gasteiger partial charge in [0.25, 0.3) is 0 Å². The van der Waals surface area contributed by atoms with Crippen LogP contribution in [0.4, 0.5) is 0 Å². The average Bonchev–Trinajstić information content (AvgIpc) is 2.27. The fraction of sp³-hybridized carbons (Fsp3) is 0.562. The first kappa shape index (κ1) is 14.7. The van der Waals surface area contributed by atoms with Crippen molar-refractivity contribution in [3.63, 3.8) is 0 Å². The van der Waals surface area contributed by atoms with Gasteiger partial charge in [-0.1, -0.05) is 19.9 Å². The van der Waals surface area contributed by atoms with Gasteiger partial charge in [-0.25, -0.2) is 0 Å². The summed E-state index contributed by atoms with van der Waals surface area (Å²) in [6, 6.07) is 6.28. The molecule has 0 bridgehead atoms. The highest BCUT2D eigenvalue weighted by Gasteiger charge is 2.04. The number of ether oxygens (including phenoxy) is 1. The molecule has 2 nitrogen and oxygen atoms in total. The summed E-state index contributed by atoms with van der Waals surface area (Å²) < 4.78 is 5.69. The average molecular weight is 248 g/mol. The van der Waals surface area contributed by atoms with E-state index in [1.54, 1.807) is 6.92 Å². The Morgan fingerprint density at radius 1 is 1.28 bits per heavy atom. The number of ketones is 1. The second-order valence-corrected chi connectivity index (χ2v) is 5.18. The van der Waals surface area contributed by atoms with Crippen LogP contribution in [0.15, 0.2) is 18.2 Å². The summed E-state index contributed by atoms with van der Waals surface area (Å²) in [4.78, 5) is 10.8. The minimum absolute atomic E-state index is 0.257. The normalized spacial score (nSPS) is 10.7. The zero-order chi connectivity index (χ0) is 13.5. The van der Waals surface area contributed by atoms with Crippen LogP contribution in [0.25, 0.3) is 0 Å². The van der Waals surface area contributed by atoms with E-state index < -0.39 is 0 Å². The molecular weight excluding hydrogens is 224 g/mol. The highest BCUT2D eigenvalue weighted by atomic mass is 16.5. The largest absolute Gasteiger partial charge is 0.494 e. The molecule has 1 rings (SSSR count). The molecule has 0 saturated carbocycles. The van der Waals surface area contributed by atoms with Gasteiger partial charge in [-0.05, 0) is 55.9 Å². The number of aryl methyl sites for hydroxylation is 1. The van der Waals surface area contributed by atoms with Crippen LogP contribution in [0.3, 0.4) is 0 Å². The molecule has 18 heavy (non-hydrogen) atoms. The van der Waals surface area contributed by atoms with Crippen molar-refractivity contribution in [3.8, 4) is 5.75 Å². The van der Waals surface area contributed by atoms with Crippen LogP contribution in [0.1, 0.15) is 57.1 Å². The molecule has 0 aliphatic carbocycles. The zero-order valence-corrected chi connectivity index (χ0v) is 12.0. The summed E-state index contributed by atoms with van der Waals surface area (Å²) in [7, 11) is 0. The fourth-order valence-corrected chi connectivity index (χ4v) is 2.05. The topological polar surface area (TPSA) is 26.3 Å². The Morgan fingerprint density at radius 3 is 2.56 bits per heavy atom. The number of hydrogen-bond donors (Lipinski definition) is 0. The zero-order valence-electron chi connectivity index (χ0n) is 12.0. The van der Waals surface area contributed by atoms with E-state index in [9.17, 15) is 4.79 Å². The number of benzene rings is 1. The number of hydrogen-bond acceptors (Lipinski definition) is 2. The van der Waals surface area contributed by atoms with E-state index >= 15 is 0 Å². The van der Waals surface area contributed by atoms with E-state index in [-0.39, 0.29) is 5.78 Å². The van der Waals surface area contributed by atoms with Crippen molar-refractivity contribution < 1.29 is 9.53 Å². The van der Waals surface area contributed by atoms with Gasteiger partial charge in [0.15, 0.2) is 0 Å². The number of carbonyl (C=O) groups excluding carboxylic acids is 1. The maximum absolute atomic E-state index is 10.8. The minimum Gasteiger partial charge on any atom is -0.494 e. The first-order valence-corrected chi connectivity index (χ1v) is 6.73. The van der Waals surface area contributed by atoms with E-state index in [0.717, 1.165) is 18.6 Å². The predicted octanol–water partition coefficient (Wildman–Crippen LogP) is 4.26. The van der Waals surface area contributed by atoms with Crippen LogP contribution < -0.4 is 4.74 Å². The third-order valence-corrected chi connectivity index (χ3v) is 3.06. The molecular formula is C16H24O2. The smallest absolute Gasteiger partial charge is 0.129 e. The molecule has 100 valence electrons. The summed E-state index contributed by atoms with van der Waals surface area (Å²) in [6.45, 7) is 8.84. The van der Waals surface area contributed by atoms with Crippen LogP contribution in [0.5, 0.6) is 5.75 Å². The SMILES string of the molecule is CC(=O)CCCCOc1ccc(C(C)C)c(C)c1. The summed E-state index contributed by atoms with van der Waals surface area (Å²) in [5.41, 5.74) is 2.66. The quantitative estimate of drug-likeness (QED) is 0.674. The van der Waals surface area contributed by atoms with E-state index in [2.05, 4.69) is 32.9 Å². The molecule has 0 heterocycles.